The number of hydrogen-bond acceptors (Lipinski definition) is 1. The van der Waals surface area contributed by atoms with Gasteiger partial charge in [-0.2, -0.15) is 0 Å². The van der Waals surface area contributed by atoms with E-state index in [-0.39, 0.29) is 16.2 Å². The Bertz CT molecular complexity index is 380. The topological polar surface area (TPSA) is 17.1 Å². The molecule has 1 unspecified atom stereocenters. The normalized spacial score (nSPS) is 20.8. The van der Waals surface area contributed by atoms with Gasteiger partial charge in [-0.05, 0) is 40.0 Å². The second kappa shape index (κ2) is 3.42. The maximum atomic E-state index is 13.1. The third-order valence-corrected chi connectivity index (χ3v) is 3.23. The smallest absolute Gasteiger partial charge is 0.140 e. The molecule has 1 aromatic rings. The number of carbonyl (C=O) groups is 1. The van der Waals surface area contributed by atoms with Crippen molar-refractivity contribution < 1.29 is 13.6 Å². The fourth-order valence-corrected chi connectivity index (χ4v) is 1.76. The van der Waals surface area contributed by atoms with E-state index in [9.17, 15) is 13.6 Å². The number of benzene rings is 1. The fraction of sp³-hybridized carbons (Fsp3) is 0.300. The minimum absolute atomic E-state index is 0.0612. The number of halogens is 3. The lowest BCUT2D eigenvalue weighted by Crippen LogP contribution is -2.23. The van der Waals surface area contributed by atoms with Gasteiger partial charge in [0.05, 0.1) is 4.47 Å². The van der Waals surface area contributed by atoms with Gasteiger partial charge >= 0.3 is 0 Å². The van der Waals surface area contributed by atoms with Crippen LogP contribution in [0.15, 0.2) is 16.6 Å². The first kappa shape index (κ1) is 9.77. The molecule has 1 fully saturated rings. The summed E-state index contributed by atoms with van der Waals surface area (Å²) < 4.78 is 26.0. The first-order valence-electron chi connectivity index (χ1n) is 4.26. The fourth-order valence-electron chi connectivity index (χ4n) is 1.54. The first-order chi connectivity index (χ1) is 6.59. The maximum absolute atomic E-state index is 13.1. The molecule has 0 N–H and O–H groups in total. The lowest BCUT2D eigenvalue weighted by atomic mass is 9.78. The molecule has 0 spiro atoms. The van der Waals surface area contributed by atoms with E-state index in [1.54, 1.807) is 0 Å². The van der Waals surface area contributed by atoms with Crippen molar-refractivity contribution in [2.75, 3.05) is 0 Å². The molecule has 74 valence electrons. The second-order valence-corrected chi connectivity index (χ2v) is 4.15. The number of ketones is 1. The number of carbonyl (C=O) groups excluding carboxylic acids is 1. The van der Waals surface area contributed by atoms with Crippen LogP contribution < -0.4 is 0 Å². The first-order valence-corrected chi connectivity index (χ1v) is 5.06. The third kappa shape index (κ3) is 1.47. The Labute approximate surface area is 88.2 Å². The molecule has 0 bridgehead atoms. The Morgan fingerprint density at radius 2 is 1.86 bits per heavy atom. The summed E-state index contributed by atoms with van der Waals surface area (Å²) in [7, 11) is 0. The van der Waals surface area contributed by atoms with Crippen molar-refractivity contribution >= 4 is 21.7 Å². The van der Waals surface area contributed by atoms with Crippen LogP contribution in [0.1, 0.15) is 24.3 Å². The SMILES string of the molecule is O=C1CCC1c1cc(F)c(Br)c(F)c1. The lowest BCUT2D eigenvalue weighted by molar-refractivity contribution is -0.125. The van der Waals surface area contributed by atoms with Crippen LogP contribution in [-0.4, -0.2) is 5.78 Å². The van der Waals surface area contributed by atoms with E-state index >= 15 is 0 Å². The second-order valence-electron chi connectivity index (χ2n) is 3.36. The summed E-state index contributed by atoms with van der Waals surface area (Å²) in [4.78, 5) is 11.1. The zero-order valence-electron chi connectivity index (χ0n) is 7.19. The van der Waals surface area contributed by atoms with Crippen LogP contribution >= 0.6 is 15.9 Å². The van der Waals surface area contributed by atoms with Crippen molar-refractivity contribution in [1.82, 2.24) is 0 Å². The molecule has 4 heteroatoms. The molecule has 0 aliphatic heterocycles. The van der Waals surface area contributed by atoms with E-state index in [1.165, 1.54) is 12.1 Å². The predicted molar refractivity (Wildman–Crippen MR) is 51.0 cm³/mol. The van der Waals surface area contributed by atoms with Crippen LogP contribution in [0.3, 0.4) is 0 Å². The summed E-state index contributed by atoms with van der Waals surface area (Å²) >= 11 is 2.78. The molecule has 1 aromatic carbocycles. The highest BCUT2D eigenvalue weighted by molar-refractivity contribution is 9.10. The largest absolute Gasteiger partial charge is 0.299 e. The highest BCUT2D eigenvalue weighted by atomic mass is 79.9. The monoisotopic (exact) mass is 260 g/mol. The molecule has 1 saturated carbocycles. The van der Waals surface area contributed by atoms with Gasteiger partial charge in [0.15, 0.2) is 0 Å². The average Bonchev–Trinajstić information content (AvgIpc) is 2.11. The van der Waals surface area contributed by atoms with Crippen LogP contribution in [0.4, 0.5) is 8.78 Å². The van der Waals surface area contributed by atoms with Crippen molar-refractivity contribution in [2.45, 2.75) is 18.8 Å². The van der Waals surface area contributed by atoms with Gasteiger partial charge in [0.2, 0.25) is 0 Å². The Balaban J connectivity index is 2.40. The molecule has 0 amide bonds. The van der Waals surface area contributed by atoms with Crippen LogP contribution in [0.5, 0.6) is 0 Å². The molecular formula is C10H7BrF2O. The summed E-state index contributed by atoms with van der Waals surface area (Å²) in [6.07, 6.45) is 1.21. The molecule has 0 aromatic heterocycles. The standard InChI is InChI=1S/C10H7BrF2O/c11-10-7(12)3-5(4-8(10)13)6-1-2-9(6)14/h3-4,6H,1-2H2. The molecule has 0 heterocycles. The predicted octanol–water partition coefficient (Wildman–Crippen LogP) is 3.17. The minimum atomic E-state index is -0.653. The van der Waals surface area contributed by atoms with Gasteiger partial charge < -0.3 is 0 Å². The lowest BCUT2D eigenvalue weighted by Gasteiger charge is -2.24. The van der Waals surface area contributed by atoms with Gasteiger partial charge in [-0.15, -0.1) is 0 Å². The van der Waals surface area contributed by atoms with Crippen molar-refractivity contribution in [3.8, 4) is 0 Å². The van der Waals surface area contributed by atoms with E-state index in [4.69, 9.17) is 0 Å². The Morgan fingerprint density at radius 1 is 1.29 bits per heavy atom. The molecule has 14 heavy (non-hydrogen) atoms. The highest BCUT2D eigenvalue weighted by Crippen LogP contribution is 2.35. The Hall–Kier alpha value is -0.770. The van der Waals surface area contributed by atoms with Crippen molar-refractivity contribution in [3.63, 3.8) is 0 Å². The van der Waals surface area contributed by atoms with Gasteiger partial charge in [0.25, 0.3) is 0 Å². The van der Waals surface area contributed by atoms with Gasteiger partial charge in [-0.25, -0.2) is 8.78 Å². The molecule has 2 rings (SSSR count). The van der Waals surface area contributed by atoms with Crippen molar-refractivity contribution in [3.05, 3.63) is 33.8 Å². The third-order valence-electron chi connectivity index (χ3n) is 2.48. The van der Waals surface area contributed by atoms with E-state index in [1.807, 2.05) is 0 Å². The van der Waals surface area contributed by atoms with Crippen LogP contribution in [0.2, 0.25) is 0 Å². The molecule has 1 atom stereocenters. The molecule has 1 aliphatic rings. The number of hydrogen-bond donors (Lipinski definition) is 0. The van der Waals surface area contributed by atoms with E-state index in [2.05, 4.69) is 15.9 Å². The minimum Gasteiger partial charge on any atom is -0.299 e. The van der Waals surface area contributed by atoms with Gasteiger partial charge in [0, 0.05) is 12.3 Å². The molecule has 1 nitrogen and oxygen atoms in total. The number of rotatable bonds is 1. The Morgan fingerprint density at radius 3 is 2.21 bits per heavy atom. The van der Waals surface area contributed by atoms with Gasteiger partial charge in [-0.1, -0.05) is 0 Å². The van der Waals surface area contributed by atoms with Crippen LogP contribution in [0.25, 0.3) is 0 Å². The van der Waals surface area contributed by atoms with Crippen LogP contribution in [0, 0.1) is 11.6 Å². The summed E-state index contributed by atoms with van der Waals surface area (Å²) in [5, 5.41) is 0. The van der Waals surface area contributed by atoms with Gasteiger partial charge in [0.1, 0.15) is 17.4 Å². The summed E-state index contributed by atoms with van der Waals surface area (Å²) in [6.45, 7) is 0. The van der Waals surface area contributed by atoms with E-state index in [0.717, 1.165) is 0 Å². The van der Waals surface area contributed by atoms with E-state index in [0.29, 0.717) is 18.4 Å². The summed E-state index contributed by atoms with van der Waals surface area (Å²) in [6, 6.07) is 2.43. The molecule has 1 aliphatic carbocycles. The molecule has 0 saturated heterocycles. The summed E-state index contributed by atoms with van der Waals surface area (Å²) in [5.74, 6) is -1.54. The van der Waals surface area contributed by atoms with Gasteiger partial charge in [-0.3, -0.25) is 4.79 Å². The number of Topliss-reactive ketones (excluding diaryl/α,β-unsaturated/α-hetero) is 1. The quantitative estimate of drug-likeness (QED) is 0.709. The Kier molecular flexibility index (Phi) is 2.39. The summed E-state index contributed by atoms with van der Waals surface area (Å²) in [5.41, 5.74) is 0.444. The highest BCUT2D eigenvalue weighted by Gasteiger charge is 2.30. The zero-order chi connectivity index (χ0) is 10.3. The zero-order valence-corrected chi connectivity index (χ0v) is 8.77. The molecular weight excluding hydrogens is 254 g/mol. The maximum Gasteiger partial charge on any atom is 0.140 e. The van der Waals surface area contributed by atoms with E-state index < -0.39 is 11.6 Å². The van der Waals surface area contributed by atoms with Crippen molar-refractivity contribution in [1.29, 1.82) is 0 Å². The average molecular weight is 261 g/mol. The molecule has 0 radical (unpaired) electrons. The van der Waals surface area contributed by atoms with Crippen LogP contribution in [-0.2, 0) is 4.79 Å². The van der Waals surface area contributed by atoms with Crippen molar-refractivity contribution in [2.24, 2.45) is 0 Å².